The normalized spacial score (nSPS) is 11.3. The number of benzene rings is 2. The number of aliphatic carboxylic acids is 1. The number of rotatable bonds is 6. The molecule has 0 heterocycles. The quantitative estimate of drug-likeness (QED) is 0.689. The first-order chi connectivity index (χ1) is 11.3. The molecule has 2 rings (SSSR count). The van der Waals surface area contributed by atoms with Crippen LogP contribution in [0.1, 0.15) is 15.9 Å². The Labute approximate surface area is 137 Å². The summed E-state index contributed by atoms with van der Waals surface area (Å²) in [6, 6.07) is 11.0. The van der Waals surface area contributed by atoms with Crippen molar-refractivity contribution in [1.82, 2.24) is 0 Å². The number of aromatic carboxylic acids is 1. The number of sulfonamides is 1. The van der Waals surface area contributed by atoms with Crippen molar-refractivity contribution in [3.8, 4) is 0 Å². The average molecular weight is 347 g/mol. The second-order valence-corrected chi connectivity index (χ2v) is 6.41. The van der Waals surface area contributed by atoms with Crippen molar-refractivity contribution >= 4 is 33.7 Å². The minimum absolute atomic E-state index is 0.0187. The van der Waals surface area contributed by atoms with Crippen molar-refractivity contribution < 1.29 is 28.2 Å². The smallest absolute Gasteiger partial charge is 0.335 e. The van der Waals surface area contributed by atoms with E-state index in [1.54, 1.807) is 12.1 Å². The summed E-state index contributed by atoms with van der Waals surface area (Å²) in [6.45, 7) is 0. The van der Waals surface area contributed by atoms with Gasteiger partial charge in [0.1, 0.15) is 0 Å². The lowest BCUT2D eigenvalue weighted by Crippen LogP contribution is -2.13. The number of carboxylic acid groups (broad SMARTS) is 2. The van der Waals surface area contributed by atoms with Crippen LogP contribution in [0.25, 0.3) is 6.08 Å². The second kappa shape index (κ2) is 6.97. The van der Waals surface area contributed by atoms with Gasteiger partial charge in [0.25, 0.3) is 10.0 Å². The van der Waals surface area contributed by atoms with E-state index in [4.69, 9.17) is 10.2 Å². The second-order valence-electron chi connectivity index (χ2n) is 4.73. The highest BCUT2D eigenvalue weighted by Crippen LogP contribution is 2.18. The maximum absolute atomic E-state index is 12.3. The van der Waals surface area contributed by atoms with E-state index >= 15 is 0 Å². The zero-order valence-electron chi connectivity index (χ0n) is 12.2. The molecule has 0 saturated carbocycles. The molecule has 0 radical (unpaired) electrons. The maximum atomic E-state index is 12.3. The van der Waals surface area contributed by atoms with E-state index in [0.717, 1.165) is 6.08 Å². The van der Waals surface area contributed by atoms with Crippen molar-refractivity contribution in [3.63, 3.8) is 0 Å². The third-order valence-electron chi connectivity index (χ3n) is 2.97. The molecule has 0 saturated heterocycles. The SMILES string of the molecule is O=C(O)/C=C/c1cccc(NS(=O)(=O)c2ccc(C(=O)O)cc2)c1. The van der Waals surface area contributed by atoms with E-state index in [-0.39, 0.29) is 16.1 Å². The first kappa shape index (κ1) is 17.2. The van der Waals surface area contributed by atoms with Gasteiger partial charge in [0, 0.05) is 11.8 Å². The molecule has 0 amide bonds. The predicted molar refractivity (Wildman–Crippen MR) is 87.3 cm³/mol. The number of hydrogen-bond donors (Lipinski definition) is 3. The van der Waals surface area contributed by atoms with Crippen LogP contribution in [0.3, 0.4) is 0 Å². The van der Waals surface area contributed by atoms with E-state index < -0.39 is 22.0 Å². The van der Waals surface area contributed by atoms with Crippen LogP contribution in [0.15, 0.2) is 59.5 Å². The molecule has 0 atom stereocenters. The Hall–Kier alpha value is -3.13. The minimum Gasteiger partial charge on any atom is -0.478 e. The van der Waals surface area contributed by atoms with Crippen LogP contribution in [0.5, 0.6) is 0 Å². The number of carbonyl (C=O) groups is 2. The van der Waals surface area contributed by atoms with Gasteiger partial charge in [0.2, 0.25) is 0 Å². The Kier molecular flexibility index (Phi) is 5.00. The van der Waals surface area contributed by atoms with E-state index in [2.05, 4.69) is 4.72 Å². The molecular formula is C16H13NO6S. The molecule has 0 aliphatic heterocycles. The van der Waals surface area contributed by atoms with Crippen LogP contribution >= 0.6 is 0 Å². The van der Waals surface area contributed by atoms with Gasteiger partial charge in [0.05, 0.1) is 10.5 Å². The van der Waals surface area contributed by atoms with Gasteiger partial charge in [-0.15, -0.1) is 0 Å². The van der Waals surface area contributed by atoms with Crippen molar-refractivity contribution in [1.29, 1.82) is 0 Å². The van der Waals surface area contributed by atoms with E-state index in [9.17, 15) is 18.0 Å². The van der Waals surface area contributed by atoms with Crippen LogP contribution in [0, 0.1) is 0 Å². The van der Waals surface area contributed by atoms with E-state index in [1.165, 1.54) is 42.5 Å². The average Bonchev–Trinajstić information content (AvgIpc) is 2.53. The Morgan fingerprint density at radius 1 is 1.00 bits per heavy atom. The molecule has 7 nitrogen and oxygen atoms in total. The predicted octanol–water partition coefficient (Wildman–Crippen LogP) is 2.28. The van der Waals surface area contributed by atoms with Gasteiger partial charge in [-0.2, -0.15) is 0 Å². The van der Waals surface area contributed by atoms with Gasteiger partial charge >= 0.3 is 11.9 Å². The van der Waals surface area contributed by atoms with E-state index in [0.29, 0.717) is 5.56 Å². The summed E-state index contributed by atoms with van der Waals surface area (Å²) in [5, 5.41) is 17.4. The summed E-state index contributed by atoms with van der Waals surface area (Å²) in [4.78, 5) is 21.2. The molecule has 3 N–H and O–H groups in total. The zero-order chi connectivity index (χ0) is 17.7. The van der Waals surface area contributed by atoms with Crippen LogP contribution in [-0.2, 0) is 14.8 Å². The van der Waals surface area contributed by atoms with Crippen molar-refractivity contribution in [2.75, 3.05) is 4.72 Å². The highest BCUT2D eigenvalue weighted by atomic mass is 32.2. The van der Waals surface area contributed by atoms with E-state index in [1.807, 2.05) is 0 Å². The lowest BCUT2D eigenvalue weighted by Gasteiger charge is -2.09. The molecule has 0 aromatic heterocycles. The molecule has 0 aliphatic carbocycles. The Bertz CT molecular complexity index is 900. The fourth-order valence-electron chi connectivity index (χ4n) is 1.86. The molecule has 0 unspecified atom stereocenters. The monoisotopic (exact) mass is 347 g/mol. The highest BCUT2D eigenvalue weighted by Gasteiger charge is 2.15. The molecule has 0 bridgehead atoms. The van der Waals surface area contributed by atoms with Gasteiger partial charge in [-0.1, -0.05) is 12.1 Å². The minimum atomic E-state index is -3.89. The van der Waals surface area contributed by atoms with Gasteiger partial charge in [-0.3, -0.25) is 4.72 Å². The first-order valence-corrected chi connectivity index (χ1v) is 8.13. The zero-order valence-corrected chi connectivity index (χ0v) is 13.0. The molecule has 0 spiro atoms. The summed E-state index contributed by atoms with van der Waals surface area (Å²) in [5.41, 5.74) is 0.749. The fraction of sp³-hybridized carbons (Fsp3) is 0. The maximum Gasteiger partial charge on any atom is 0.335 e. The van der Waals surface area contributed by atoms with Crippen molar-refractivity contribution in [2.45, 2.75) is 4.90 Å². The summed E-state index contributed by atoms with van der Waals surface area (Å²) < 4.78 is 26.9. The number of nitrogens with one attached hydrogen (secondary N) is 1. The standard InChI is InChI=1S/C16H13NO6S/c18-15(19)9-4-11-2-1-3-13(10-11)17-24(22,23)14-7-5-12(6-8-14)16(20)21/h1-10,17H,(H,18,19)(H,20,21)/b9-4+. The van der Waals surface area contributed by atoms with Crippen LogP contribution in [0.2, 0.25) is 0 Å². The largest absolute Gasteiger partial charge is 0.478 e. The lowest BCUT2D eigenvalue weighted by molar-refractivity contribution is -0.131. The molecule has 8 heteroatoms. The van der Waals surface area contributed by atoms with Gasteiger partial charge < -0.3 is 10.2 Å². The van der Waals surface area contributed by atoms with Crippen molar-refractivity contribution in [2.24, 2.45) is 0 Å². The Morgan fingerprint density at radius 3 is 2.25 bits per heavy atom. The molecule has 2 aromatic carbocycles. The summed E-state index contributed by atoms with van der Waals surface area (Å²) in [5.74, 6) is -2.26. The molecule has 24 heavy (non-hydrogen) atoms. The Balaban J connectivity index is 2.24. The first-order valence-electron chi connectivity index (χ1n) is 6.65. The van der Waals surface area contributed by atoms with Crippen LogP contribution < -0.4 is 4.72 Å². The molecule has 2 aromatic rings. The molecule has 124 valence electrons. The highest BCUT2D eigenvalue weighted by molar-refractivity contribution is 7.92. The van der Waals surface area contributed by atoms with Gasteiger partial charge in [-0.25, -0.2) is 18.0 Å². The molecular weight excluding hydrogens is 334 g/mol. The fourth-order valence-corrected chi connectivity index (χ4v) is 2.91. The third kappa shape index (κ3) is 4.43. The topological polar surface area (TPSA) is 121 Å². The van der Waals surface area contributed by atoms with Crippen molar-refractivity contribution in [3.05, 3.63) is 65.7 Å². The van der Waals surface area contributed by atoms with Gasteiger partial charge in [0.15, 0.2) is 0 Å². The summed E-state index contributed by atoms with van der Waals surface area (Å²) >= 11 is 0. The number of carboxylic acids is 2. The Morgan fingerprint density at radius 2 is 1.67 bits per heavy atom. The summed E-state index contributed by atoms with van der Waals surface area (Å²) in [7, 11) is -3.89. The summed E-state index contributed by atoms with van der Waals surface area (Å²) in [6.07, 6.45) is 2.28. The lowest BCUT2D eigenvalue weighted by atomic mass is 10.2. The molecule has 0 aliphatic rings. The number of hydrogen-bond acceptors (Lipinski definition) is 4. The van der Waals surface area contributed by atoms with Gasteiger partial charge in [-0.05, 0) is 48.0 Å². The molecule has 0 fully saturated rings. The number of anilines is 1. The van der Waals surface area contributed by atoms with Crippen LogP contribution in [0.4, 0.5) is 5.69 Å². The van der Waals surface area contributed by atoms with Crippen LogP contribution in [-0.4, -0.2) is 30.6 Å². The third-order valence-corrected chi connectivity index (χ3v) is 4.37.